The number of aromatic nitrogens is 3. The Morgan fingerprint density at radius 2 is 1.50 bits per heavy atom. The molecule has 0 saturated carbocycles. The summed E-state index contributed by atoms with van der Waals surface area (Å²) >= 11 is 1.92. The minimum Gasteiger partial charge on any atom is -0.463 e. The van der Waals surface area contributed by atoms with E-state index in [9.17, 15) is 19.2 Å². The number of esters is 2. The van der Waals surface area contributed by atoms with Gasteiger partial charge in [0.25, 0.3) is 0 Å². The largest absolute Gasteiger partial charge is 0.463 e. The summed E-state index contributed by atoms with van der Waals surface area (Å²) in [5.74, 6) is 0.516. The lowest BCUT2D eigenvalue weighted by atomic mass is 9.83. The van der Waals surface area contributed by atoms with Crippen LogP contribution >= 0.6 is 11.8 Å². The second-order valence-electron chi connectivity index (χ2n) is 17.1. The predicted octanol–water partition coefficient (Wildman–Crippen LogP) is 6.11. The molecule has 0 bridgehead atoms. The predicted molar refractivity (Wildman–Crippen MR) is 242 cm³/mol. The van der Waals surface area contributed by atoms with Crippen LogP contribution < -0.4 is 10.6 Å². The third kappa shape index (κ3) is 21.5. The molecule has 4 rings (SSSR count). The van der Waals surface area contributed by atoms with Gasteiger partial charge in [-0.1, -0.05) is 69.7 Å². The topological polar surface area (TPSA) is 197 Å². The number of ketones is 1. The molecular formula is C46H77N5O12S. The van der Waals surface area contributed by atoms with Crippen LogP contribution in [0.4, 0.5) is 4.79 Å². The third-order valence-corrected chi connectivity index (χ3v) is 13.4. The maximum Gasteiger partial charge on any atom is 0.315 e. The van der Waals surface area contributed by atoms with Gasteiger partial charge in [-0.15, -0.1) is 5.10 Å². The molecule has 0 aliphatic carbocycles. The van der Waals surface area contributed by atoms with Crippen molar-refractivity contribution in [3.8, 4) is 0 Å². The van der Waals surface area contributed by atoms with E-state index in [0.717, 1.165) is 69.4 Å². The zero-order chi connectivity index (χ0) is 45.8. The van der Waals surface area contributed by atoms with Gasteiger partial charge in [-0.3, -0.25) is 19.1 Å². The lowest BCUT2D eigenvalue weighted by Gasteiger charge is -2.43. The van der Waals surface area contributed by atoms with E-state index in [1.54, 1.807) is 0 Å². The fourth-order valence-corrected chi connectivity index (χ4v) is 9.60. The molecule has 1 aromatic rings. The number of nitrogens with zero attached hydrogens (tertiary/aromatic N) is 3. The molecule has 0 aromatic carbocycles. The highest BCUT2D eigenvalue weighted by Gasteiger charge is 2.45. The van der Waals surface area contributed by atoms with Gasteiger partial charge in [0.05, 0.1) is 77.2 Å². The number of Topliss-reactive ketones (excluding diaryl/α,β-unsaturated/α-hetero) is 1. The van der Waals surface area contributed by atoms with E-state index < -0.39 is 12.4 Å². The number of rotatable bonds is 36. The number of unbranched alkanes of at least 4 members (excludes halogenated alkanes) is 8. The van der Waals surface area contributed by atoms with Gasteiger partial charge in [0.2, 0.25) is 0 Å². The van der Waals surface area contributed by atoms with Gasteiger partial charge in [-0.05, 0) is 44.4 Å². The van der Waals surface area contributed by atoms with Crippen LogP contribution in [-0.2, 0) is 65.4 Å². The van der Waals surface area contributed by atoms with Crippen LogP contribution in [-0.4, -0.2) is 140 Å². The Kier molecular flexibility index (Phi) is 26.5. The van der Waals surface area contributed by atoms with Crippen molar-refractivity contribution in [2.75, 3.05) is 65.2 Å². The summed E-state index contributed by atoms with van der Waals surface area (Å²) in [7, 11) is 0. The maximum atomic E-state index is 12.2. The van der Waals surface area contributed by atoms with Crippen LogP contribution in [0.1, 0.15) is 123 Å². The minimum atomic E-state index is -0.725. The molecule has 2 N–H and O–H groups in total. The number of fused-ring (bicyclic) bond motifs is 1. The Morgan fingerprint density at radius 1 is 0.812 bits per heavy atom. The summed E-state index contributed by atoms with van der Waals surface area (Å²) in [6, 6.07) is 0.433. The van der Waals surface area contributed by atoms with Crippen molar-refractivity contribution in [3.63, 3.8) is 0 Å². The molecule has 364 valence electrons. The highest BCUT2D eigenvalue weighted by Crippen LogP contribution is 2.34. The number of nitrogens with one attached hydrogen (secondary N) is 2. The molecule has 18 heteroatoms. The Hall–Kier alpha value is -3.13. The highest BCUT2D eigenvalue weighted by atomic mass is 32.2. The Morgan fingerprint density at radius 3 is 2.23 bits per heavy atom. The van der Waals surface area contributed by atoms with Crippen molar-refractivity contribution >= 4 is 35.5 Å². The molecule has 64 heavy (non-hydrogen) atoms. The number of hydrogen-bond acceptors (Lipinski definition) is 15. The number of urea groups is 1. The van der Waals surface area contributed by atoms with Crippen molar-refractivity contribution in [1.82, 2.24) is 25.6 Å². The smallest absolute Gasteiger partial charge is 0.315 e. The van der Waals surface area contributed by atoms with Crippen LogP contribution in [0, 0.1) is 11.8 Å². The monoisotopic (exact) mass is 924 g/mol. The van der Waals surface area contributed by atoms with Crippen LogP contribution in [0.15, 0.2) is 18.3 Å². The standard InChI is InChI=1S/C46H77N5O12S/c1-34-35(2)44(62-37(4)53)45(63-41(34)32-61-36(3)52)60-23-16-12-10-8-6-5-7-9-11-15-21-51-30-38(49-50-51)31-59-29-28-58-27-26-57-25-24-56-22-17-19-39(54)18-13-14-20-42-43-40(33-64-42)47-46(55)48-43/h12,16,30,34-35,40-45H,5-11,13-15,17-29,31-33H2,1-4H3,(H2,47,48,55)/b16-12+/t34-,35+,40+,41?,42+,43+,44?,45-/m1/s1. The molecule has 0 radical (unpaired) electrons. The van der Waals surface area contributed by atoms with E-state index >= 15 is 0 Å². The number of aryl methyl sites for hydroxylation is 1. The van der Waals surface area contributed by atoms with Gasteiger partial charge < -0.3 is 48.5 Å². The average molecular weight is 924 g/mol. The van der Waals surface area contributed by atoms with Gasteiger partial charge in [0.1, 0.15) is 18.1 Å². The van der Waals surface area contributed by atoms with Crippen molar-refractivity contribution < 1.29 is 57.1 Å². The zero-order valence-electron chi connectivity index (χ0n) is 38.9. The number of carbonyl (C=O) groups excluding carboxylic acids is 4. The molecule has 2 amide bonds. The van der Waals surface area contributed by atoms with Gasteiger partial charge in [-0.25, -0.2) is 4.79 Å². The number of amides is 2. The lowest BCUT2D eigenvalue weighted by molar-refractivity contribution is -0.277. The Bertz CT molecular complexity index is 1520. The van der Waals surface area contributed by atoms with Crippen LogP contribution in [0.5, 0.6) is 0 Å². The van der Waals surface area contributed by atoms with Gasteiger partial charge >= 0.3 is 18.0 Å². The highest BCUT2D eigenvalue weighted by molar-refractivity contribution is 8.00. The molecular weight excluding hydrogens is 847 g/mol. The third-order valence-electron chi connectivity index (χ3n) is 11.9. The normalized spacial score (nSPS) is 24.2. The number of thioether (sulfide) groups is 1. The van der Waals surface area contributed by atoms with Crippen molar-refractivity contribution in [3.05, 3.63) is 24.0 Å². The summed E-state index contributed by atoms with van der Waals surface area (Å²) in [4.78, 5) is 46.8. The van der Waals surface area contributed by atoms with Crippen molar-refractivity contribution in [2.24, 2.45) is 11.8 Å². The summed E-state index contributed by atoms with van der Waals surface area (Å²) < 4.78 is 47.1. The molecule has 8 atom stereocenters. The van der Waals surface area contributed by atoms with E-state index in [-0.39, 0.29) is 54.6 Å². The van der Waals surface area contributed by atoms with Crippen LogP contribution in [0.2, 0.25) is 0 Å². The number of allylic oxidation sites excluding steroid dienone is 1. The number of carbonyl (C=O) groups is 4. The molecule has 3 fully saturated rings. The van der Waals surface area contributed by atoms with E-state index in [0.29, 0.717) is 83.3 Å². The quantitative estimate of drug-likeness (QED) is 0.0339. The van der Waals surface area contributed by atoms with Crippen molar-refractivity contribution in [1.29, 1.82) is 0 Å². The molecule has 4 heterocycles. The fraction of sp³-hybridized carbons (Fsp3) is 0.826. The second-order valence-corrected chi connectivity index (χ2v) is 18.4. The SMILES string of the molecule is CC(=O)OCC1O[C@@H](OC/C=C/CCCCCCCCCn2cc(COCCOCCOCCOCCCC(=O)CCCC[C@@H]3SC[C@@H]4NC(=O)N[C@@H]43)nn2)C(OC(C)=O)[C@@H](C)[C@H]1C. The fourth-order valence-electron chi connectivity index (χ4n) is 8.05. The molecule has 3 saturated heterocycles. The minimum absolute atomic E-state index is 0.0199. The van der Waals surface area contributed by atoms with Crippen molar-refractivity contribution in [2.45, 2.75) is 167 Å². The summed E-state index contributed by atoms with van der Waals surface area (Å²) in [5, 5.41) is 14.9. The van der Waals surface area contributed by atoms with Gasteiger partial charge in [0, 0.05) is 56.8 Å². The van der Waals surface area contributed by atoms with E-state index in [1.807, 2.05) is 42.6 Å². The number of ether oxygens (including phenoxy) is 8. The van der Waals surface area contributed by atoms with Crippen LogP contribution in [0.3, 0.4) is 0 Å². The Balaban J connectivity index is 0.863. The lowest BCUT2D eigenvalue weighted by Crippen LogP contribution is -2.53. The van der Waals surface area contributed by atoms with Gasteiger partial charge in [0.15, 0.2) is 12.4 Å². The first-order valence-corrected chi connectivity index (χ1v) is 24.8. The first-order valence-electron chi connectivity index (χ1n) is 23.7. The second kappa shape index (κ2) is 31.7. The molecule has 1 aromatic heterocycles. The number of hydrogen-bond donors (Lipinski definition) is 2. The van der Waals surface area contributed by atoms with Crippen LogP contribution in [0.25, 0.3) is 0 Å². The molecule has 17 nitrogen and oxygen atoms in total. The summed E-state index contributed by atoms with van der Waals surface area (Å²) in [6.07, 6.45) is 18.4. The first-order chi connectivity index (χ1) is 31.1. The van der Waals surface area contributed by atoms with E-state index in [4.69, 9.17) is 37.9 Å². The summed E-state index contributed by atoms with van der Waals surface area (Å²) in [5.41, 5.74) is 0.808. The molecule has 3 aliphatic rings. The molecule has 0 spiro atoms. The molecule has 2 unspecified atom stereocenters. The maximum absolute atomic E-state index is 12.2. The van der Waals surface area contributed by atoms with E-state index in [2.05, 4.69) is 27.0 Å². The molecule has 3 aliphatic heterocycles. The van der Waals surface area contributed by atoms with Gasteiger partial charge in [-0.2, -0.15) is 11.8 Å². The van der Waals surface area contributed by atoms with E-state index in [1.165, 1.54) is 39.5 Å². The average Bonchev–Trinajstić information content (AvgIpc) is 3.99. The summed E-state index contributed by atoms with van der Waals surface area (Å²) in [6.45, 7) is 11.9. The zero-order valence-corrected chi connectivity index (χ0v) is 39.7. The Labute approximate surface area is 384 Å². The first kappa shape index (κ1) is 53.5.